The van der Waals surface area contributed by atoms with E-state index in [0.29, 0.717) is 0 Å². The van der Waals surface area contributed by atoms with Gasteiger partial charge in [-0.25, -0.2) is 4.79 Å². The number of carbonyl (C=O) groups excluding carboxylic acids is 1. The average molecular weight is 248 g/mol. The van der Waals surface area contributed by atoms with Crippen molar-refractivity contribution < 1.29 is 34.3 Å². The van der Waals surface area contributed by atoms with Gasteiger partial charge in [-0.05, 0) is 6.92 Å². The SMILES string of the molecule is C=C(C)C(=O)OC1OC(OC)C(O)C(O)C1O. The van der Waals surface area contributed by atoms with Gasteiger partial charge in [0.1, 0.15) is 18.3 Å². The van der Waals surface area contributed by atoms with Crippen LogP contribution in [-0.2, 0) is 19.0 Å². The molecule has 5 atom stereocenters. The molecular formula is C10H16O7. The van der Waals surface area contributed by atoms with Gasteiger partial charge in [-0.15, -0.1) is 0 Å². The molecule has 7 heteroatoms. The quantitative estimate of drug-likeness (QED) is 0.413. The highest BCUT2D eigenvalue weighted by atomic mass is 16.8. The van der Waals surface area contributed by atoms with E-state index in [-0.39, 0.29) is 5.57 Å². The molecule has 1 rings (SSSR count). The van der Waals surface area contributed by atoms with Crippen molar-refractivity contribution in [3.05, 3.63) is 12.2 Å². The molecule has 0 aromatic rings. The predicted molar refractivity (Wildman–Crippen MR) is 54.6 cm³/mol. The van der Waals surface area contributed by atoms with E-state index in [1.807, 2.05) is 0 Å². The standard InChI is InChI=1S/C10H16O7/c1-4(2)8(14)16-10-7(13)5(11)6(12)9(15-3)17-10/h5-7,9-13H,1H2,2-3H3. The Kier molecular flexibility index (Phi) is 4.61. The van der Waals surface area contributed by atoms with Crippen molar-refractivity contribution in [1.82, 2.24) is 0 Å². The minimum absolute atomic E-state index is 0.121. The van der Waals surface area contributed by atoms with Crippen molar-refractivity contribution in [3.8, 4) is 0 Å². The molecule has 3 N–H and O–H groups in total. The Hall–Kier alpha value is -0.990. The summed E-state index contributed by atoms with van der Waals surface area (Å²) in [7, 11) is 1.25. The highest BCUT2D eigenvalue weighted by Gasteiger charge is 2.45. The first kappa shape index (κ1) is 14.1. The maximum atomic E-state index is 11.2. The van der Waals surface area contributed by atoms with Crippen LogP contribution in [-0.4, -0.2) is 59.3 Å². The molecule has 0 aliphatic carbocycles. The van der Waals surface area contributed by atoms with E-state index in [9.17, 15) is 20.1 Å². The highest BCUT2D eigenvalue weighted by Crippen LogP contribution is 2.22. The van der Waals surface area contributed by atoms with Gasteiger partial charge in [0.15, 0.2) is 6.29 Å². The lowest BCUT2D eigenvalue weighted by Crippen LogP contribution is -2.59. The number of ether oxygens (including phenoxy) is 3. The van der Waals surface area contributed by atoms with Crippen molar-refractivity contribution in [2.24, 2.45) is 0 Å². The van der Waals surface area contributed by atoms with Crippen molar-refractivity contribution >= 4 is 5.97 Å². The zero-order valence-electron chi connectivity index (χ0n) is 9.57. The van der Waals surface area contributed by atoms with Crippen LogP contribution in [0.2, 0.25) is 0 Å². The minimum atomic E-state index is -1.56. The monoisotopic (exact) mass is 248 g/mol. The third-order valence-electron chi connectivity index (χ3n) is 2.33. The molecule has 5 unspecified atom stereocenters. The van der Waals surface area contributed by atoms with Crippen LogP contribution in [0, 0.1) is 0 Å². The fourth-order valence-corrected chi connectivity index (χ4v) is 1.32. The molecule has 0 spiro atoms. The van der Waals surface area contributed by atoms with Crippen LogP contribution in [0.4, 0.5) is 0 Å². The number of hydrogen-bond acceptors (Lipinski definition) is 7. The van der Waals surface area contributed by atoms with E-state index in [1.54, 1.807) is 0 Å². The Morgan fingerprint density at radius 3 is 2.18 bits per heavy atom. The van der Waals surface area contributed by atoms with E-state index in [4.69, 9.17) is 14.2 Å². The zero-order chi connectivity index (χ0) is 13.2. The van der Waals surface area contributed by atoms with E-state index < -0.39 is 36.9 Å². The van der Waals surface area contributed by atoms with E-state index in [0.717, 1.165) is 0 Å². The van der Waals surface area contributed by atoms with Crippen LogP contribution in [0.5, 0.6) is 0 Å². The lowest BCUT2D eigenvalue weighted by molar-refractivity contribution is -0.336. The topological polar surface area (TPSA) is 105 Å². The number of rotatable bonds is 3. The lowest BCUT2D eigenvalue weighted by atomic mass is 10.0. The van der Waals surface area contributed by atoms with Gasteiger partial charge in [0.25, 0.3) is 0 Å². The van der Waals surface area contributed by atoms with Crippen LogP contribution in [0.15, 0.2) is 12.2 Å². The molecule has 0 bridgehead atoms. The van der Waals surface area contributed by atoms with Crippen molar-refractivity contribution in [3.63, 3.8) is 0 Å². The van der Waals surface area contributed by atoms with E-state index >= 15 is 0 Å². The predicted octanol–water partition coefficient (Wildman–Crippen LogP) is -1.48. The molecule has 7 nitrogen and oxygen atoms in total. The number of carbonyl (C=O) groups is 1. The van der Waals surface area contributed by atoms with Crippen LogP contribution in [0.1, 0.15) is 6.92 Å². The summed E-state index contributed by atoms with van der Waals surface area (Å²) in [5.74, 6) is -0.771. The molecule has 0 aromatic carbocycles. The maximum Gasteiger partial charge on any atom is 0.335 e. The van der Waals surface area contributed by atoms with Crippen LogP contribution >= 0.6 is 0 Å². The molecule has 17 heavy (non-hydrogen) atoms. The molecule has 0 saturated carbocycles. The maximum absolute atomic E-state index is 11.2. The van der Waals surface area contributed by atoms with Gasteiger partial charge in [0, 0.05) is 12.7 Å². The van der Waals surface area contributed by atoms with Crippen molar-refractivity contribution in [2.75, 3.05) is 7.11 Å². The minimum Gasteiger partial charge on any atom is -0.429 e. The molecule has 0 amide bonds. The first-order valence-electron chi connectivity index (χ1n) is 4.97. The van der Waals surface area contributed by atoms with Crippen molar-refractivity contribution in [1.29, 1.82) is 0 Å². The largest absolute Gasteiger partial charge is 0.429 e. The average Bonchev–Trinajstić information content (AvgIpc) is 2.29. The molecule has 1 aliphatic rings. The Bertz CT molecular complexity index is 301. The Morgan fingerprint density at radius 2 is 1.71 bits per heavy atom. The second-order valence-electron chi connectivity index (χ2n) is 3.77. The van der Waals surface area contributed by atoms with Gasteiger partial charge < -0.3 is 29.5 Å². The molecule has 1 heterocycles. The fraction of sp³-hybridized carbons (Fsp3) is 0.700. The second-order valence-corrected chi connectivity index (χ2v) is 3.77. The molecule has 1 aliphatic heterocycles. The molecule has 1 saturated heterocycles. The molecular weight excluding hydrogens is 232 g/mol. The van der Waals surface area contributed by atoms with Crippen LogP contribution in [0.25, 0.3) is 0 Å². The molecule has 1 fully saturated rings. The van der Waals surface area contributed by atoms with Crippen LogP contribution < -0.4 is 0 Å². The summed E-state index contributed by atoms with van der Waals surface area (Å²) < 4.78 is 14.5. The summed E-state index contributed by atoms with van der Waals surface area (Å²) in [4.78, 5) is 11.2. The number of aliphatic hydroxyl groups is 3. The van der Waals surface area contributed by atoms with Gasteiger partial charge in [0.05, 0.1) is 0 Å². The number of hydrogen-bond donors (Lipinski definition) is 3. The summed E-state index contributed by atoms with van der Waals surface area (Å²) in [6, 6.07) is 0. The summed E-state index contributed by atoms with van der Waals surface area (Å²) in [6.07, 6.45) is -7.11. The van der Waals surface area contributed by atoms with Gasteiger partial charge >= 0.3 is 5.97 Å². The highest BCUT2D eigenvalue weighted by molar-refractivity contribution is 5.87. The van der Waals surface area contributed by atoms with Crippen LogP contribution in [0.3, 0.4) is 0 Å². The first-order valence-corrected chi connectivity index (χ1v) is 4.97. The van der Waals surface area contributed by atoms with Gasteiger partial charge in [-0.3, -0.25) is 0 Å². The van der Waals surface area contributed by atoms with Gasteiger partial charge in [0.2, 0.25) is 6.29 Å². The summed E-state index contributed by atoms with van der Waals surface area (Å²) >= 11 is 0. The fourth-order valence-electron chi connectivity index (χ4n) is 1.32. The molecule has 0 radical (unpaired) electrons. The molecule has 98 valence electrons. The number of aliphatic hydroxyl groups excluding tert-OH is 3. The lowest BCUT2D eigenvalue weighted by Gasteiger charge is -2.38. The van der Waals surface area contributed by atoms with E-state index in [1.165, 1.54) is 14.0 Å². The van der Waals surface area contributed by atoms with Gasteiger partial charge in [-0.1, -0.05) is 6.58 Å². The van der Waals surface area contributed by atoms with E-state index in [2.05, 4.69) is 6.58 Å². The number of methoxy groups -OCH3 is 1. The summed E-state index contributed by atoms with van der Waals surface area (Å²) in [5, 5.41) is 28.5. The third kappa shape index (κ3) is 3.02. The smallest absolute Gasteiger partial charge is 0.335 e. The molecule has 0 aromatic heterocycles. The Labute approximate surface area is 98.2 Å². The first-order chi connectivity index (χ1) is 7.88. The summed E-state index contributed by atoms with van der Waals surface area (Å²) in [5.41, 5.74) is 0.121. The van der Waals surface area contributed by atoms with Gasteiger partial charge in [-0.2, -0.15) is 0 Å². The summed E-state index contributed by atoms with van der Waals surface area (Å²) in [6.45, 7) is 4.79. The zero-order valence-corrected chi connectivity index (χ0v) is 9.57. The third-order valence-corrected chi connectivity index (χ3v) is 2.33. The number of esters is 1. The second kappa shape index (κ2) is 5.56. The van der Waals surface area contributed by atoms with Crippen molar-refractivity contribution in [2.45, 2.75) is 37.8 Å². The Morgan fingerprint density at radius 1 is 1.18 bits per heavy atom. The normalized spacial score (nSPS) is 37.6. The Balaban J connectivity index is 2.72.